The molecule has 0 aliphatic carbocycles. The maximum atomic E-state index is 13.6. The number of rotatable bonds is 3. The first-order valence-corrected chi connectivity index (χ1v) is 9.33. The van der Waals surface area contributed by atoms with Gasteiger partial charge in [0.2, 0.25) is 0 Å². The van der Waals surface area contributed by atoms with E-state index in [0.717, 1.165) is 0 Å². The number of hydrogen-bond acceptors (Lipinski definition) is 4. The summed E-state index contributed by atoms with van der Waals surface area (Å²) in [4.78, 5) is 30.1. The van der Waals surface area contributed by atoms with Gasteiger partial charge in [-0.15, -0.1) is 0 Å². The summed E-state index contributed by atoms with van der Waals surface area (Å²) >= 11 is 0. The molecule has 2 heterocycles. The van der Waals surface area contributed by atoms with E-state index in [-0.39, 0.29) is 11.8 Å². The Morgan fingerprint density at radius 2 is 1.57 bits per heavy atom. The molecule has 0 aromatic heterocycles. The highest BCUT2D eigenvalue weighted by atomic mass is 19.1. The molecule has 0 radical (unpaired) electrons. The fraction of sp³-hybridized carbons (Fsp3) is 0.130. The van der Waals surface area contributed by atoms with Crippen LogP contribution in [0.1, 0.15) is 32.4 Å². The van der Waals surface area contributed by atoms with Crippen LogP contribution in [0.15, 0.2) is 60.7 Å². The van der Waals surface area contributed by atoms with Gasteiger partial charge < -0.3 is 9.47 Å². The minimum Gasteiger partial charge on any atom is -0.493 e. The normalized spacial score (nSPS) is 16.8. The molecule has 0 unspecified atom stereocenters. The number of halogens is 1. The lowest BCUT2D eigenvalue weighted by Crippen LogP contribution is -2.48. The van der Waals surface area contributed by atoms with Crippen molar-refractivity contribution in [3.63, 3.8) is 0 Å². The lowest BCUT2D eigenvalue weighted by molar-refractivity contribution is 0.0948. The van der Waals surface area contributed by atoms with Gasteiger partial charge in [0.15, 0.2) is 11.5 Å². The summed E-state index contributed by atoms with van der Waals surface area (Å²) in [5.41, 5.74) is 2.36. The van der Waals surface area contributed by atoms with Gasteiger partial charge in [-0.3, -0.25) is 19.4 Å². The standard InChI is InChI=1S/C23H17FN2O4/c1-29-18-12-11-16-19(20(18)30-2)23(28)26-17-6-4-3-5-15(17)22(27)25(21(16)26)14-9-7-13(24)8-10-14/h3-12,21H,1-2H3/t21-/m1/s1. The molecule has 5 rings (SSSR count). The van der Waals surface area contributed by atoms with Crippen molar-refractivity contribution in [2.24, 2.45) is 0 Å². The number of hydrogen-bond donors (Lipinski definition) is 0. The smallest absolute Gasteiger partial charge is 0.264 e. The van der Waals surface area contributed by atoms with Gasteiger partial charge in [0.05, 0.1) is 31.0 Å². The molecule has 3 aromatic carbocycles. The van der Waals surface area contributed by atoms with Gasteiger partial charge in [-0.05, 0) is 42.5 Å². The summed E-state index contributed by atoms with van der Waals surface area (Å²) in [6, 6.07) is 16.1. The van der Waals surface area contributed by atoms with Crippen molar-refractivity contribution in [2.45, 2.75) is 6.17 Å². The van der Waals surface area contributed by atoms with Crippen LogP contribution in [0.2, 0.25) is 0 Å². The zero-order valence-electron chi connectivity index (χ0n) is 16.3. The van der Waals surface area contributed by atoms with Gasteiger partial charge in [-0.25, -0.2) is 4.39 Å². The number of amides is 2. The van der Waals surface area contributed by atoms with Crippen LogP contribution in [-0.4, -0.2) is 26.0 Å². The Bertz CT molecular complexity index is 1190. The molecule has 0 fully saturated rings. The Hall–Kier alpha value is -3.87. The van der Waals surface area contributed by atoms with Crippen molar-refractivity contribution in [3.05, 3.63) is 83.2 Å². The van der Waals surface area contributed by atoms with Crippen LogP contribution < -0.4 is 19.3 Å². The summed E-state index contributed by atoms with van der Waals surface area (Å²) < 4.78 is 24.4. The molecule has 6 nitrogen and oxygen atoms in total. The van der Waals surface area contributed by atoms with E-state index >= 15 is 0 Å². The Morgan fingerprint density at radius 3 is 2.27 bits per heavy atom. The summed E-state index contributed by atoms with van der Waals surface area (Å²) in [6.45, 7) is 0. The van der Waals surface area contributed by atoms with Gasteiger partial charge in [-0.2, -0.15) is 0 Å². The number of para-hydroxylation sites is 1. The molecule has 30 heavy (non-hydrogen) atoms. The maximum absolute atomic E-state index is 13.6. The van der Waals surface area contributed by atoms with Gasteiger partial charge in [-0.1, -0.05) is 18.2 Å². The third-order valence-electron chi connectivity index (χ3n) is 5.50. The first-order chi connectivity index (χ1) is 14.6. The second kappa shape index (κ2) is 6.59. The predicted molar refractivity (Wildman–Crippen MR) is 109 cm³/mol. The Morgan fingerprint density at radius 1 is 0.833 bits per heavy atom. The highest BCUT2D eigenvalue weighted by Crippen LogP contribution is 2.50. The lowest BCUT2D eigenvalue weighted by atomic mass is 10.0. The minimum absolute atomic E-state index is 0.270. The van der Waals surface area contributed by atoms with Crippen molar-refractivity contribution in [3.8, 4) is 11.5 Å². The number of anilines is 2. The molecular weight excluding hydrogens is 387 g/mol. The zero-order chi connectivity index (χ0) is 21.0. The highest BCUT2D eigenvalue weighted by Gasteiger charge is 2.50. The van der Waals surface area contributed by atoms with Crippen molar-refractivity contribution >= 4 is 23.2 Å². The molecule has 0 saturated heterocycles. The topological polar surface area (TPSA) is 59.1 Å². The first-order valence-electron chi connectivity index (χ1n) is 9.33. The van der Waals surface area contributed by atoms with Gasteiger partial charge in [0.1, 0.15) is 12.0 Å². The number of nitrogens with zero attached hydrogens (tertiary/aromatic N) is 2. The molecule has 2 aliphatic heterocycles. The second-order valence-corrected chi connectivity index (χ2v) is 6.98. The number of fused-ring (bicyclic) bond motifs is 5. The molecule has 7 heteroatoms. The van der Waals surface area contributed by atoms with Crippen LogP contribution in [0, 0.1) is 5.82 Å². The van der Waals surface area contributed by atoms with Crippen LogP contribution in [0.25, 0.3) is 0 Å². The molecule has 2 amide bonds. The first kappa shape index (κ1) is 18.2. The van der Waals surface area contributed by atoms with Crippen molar-refractivity contribution in [1.29, 1.82) is 0 Å². The number of benzene rings is 3. The lowest BCUT2D eigenvalue weighted by Gasteiger charge is -2.40. The van der Waals surface area contributed by atoms with Crippen LogP contribution >= 0.6 is 0 Å². The quantitative estimate of drug-likeness (QED) is 0.658. The molecule has 2 aliphatic rings. The van der Waals surface area contributed by atoms with E-state index in [4.69, 9.17) is 9.47 Å². The Kier molecular flexibility index (Phi) is 3.99. The summed E-state index contributed by atoms with van der Waals surface area (Å²) in [5, 5.41) is 0. The van der Waals surface area contributed by atoms with Gasteiger partial charge in [0, 0.05) is 11.3 Å². The fourth-order valence-electron chi connectivity index (χ4n) is 4.21. The number of ether oxygens (including phenoxy) is 2. The third kappa shape index (κ3) is 2.35. The molecule has 0 N–H and O–H groups in total. The summed E-state index contributed by atoms with van der Waals surface area (Å²) in [5.74, 6) is -0.225. The van der Waals surface area contributed by atoms with Crippen LogP contribution in [0.4, 0.5) is 15.8 Å². The predicted octanol–water partition coefficient (Wildman–Crippen LogP) is 4.16. The molecule has 0 bridgehead atoms. The third-order valence-corrected chi connectivity index (χ3v) is 5.50. The van der Waals surface area contributed by atoms with E-state index in [1.165, 1.54) is 43.4 Å². The van der Waals surface area contributed by atoms with E-state index in [0.29, 0.717) is 39.6 Å². The second-order valence-electron chi connectivity index (χ2n) is 6.98. The molecule has 0 saturated carbocycles. The van der Waals surface area contributed by atoms with E-state index in [1.54, 1.807) is 41.3 Å². The van der Waals surface area contributed by atoms with Gasteiger partial charge in [0.25, 0.3) is 11.8 Å². The molecular formula is C23H17FN2O4. The minimum atomic E-state index is -0.722. The summed E-state index contributed by atoms with van der Waals surface area (Å²) in [6.07, 6.45) is -0.722. The van der Waals surface area contributed by atoms with Crippen molar-refractivity contribution in [2.75, 3.05) is 24.0 Å². The van der Waals surface area contributed by atoms with Gasteiger partial charge >= 0.3 is 0 Å². The van der Waals surface area contributed by atoms with Crippen LogP contribution in [-0.2, 0) is 0 Å². The number of carbonyl (C=O) groups excluding carboxylic acids is 2. The van der Waals surface area contributed by atoms with E-state index < -0.39 is 12.0 Å². The fourth-order valence-corrected chi connectivity index (χ4v) is 4.21. The van der Waals surface area contributed by atoms with Crippen LogP contribution in [0.5, 0.6) is 11.5 Å². The maximum Gasteiger partial charge on any atom is 0.264 e. The van der Waals surface area contributed by atoms with Crippen molar-refractivity contribution in [1.82, 2.24) is 0 Å². The molecule has 3 aromatic rings. The average molecular weight is 404 g/mol. The molecule has 1 atom stereocenters. The Balaban J connectivity index is 1.80. The SMILES string of the molecule is COc1ccc2c(c1OC)C(=O)N1c3ccccc3C(=O)N(c3ccc(F)cc3)[C@@H]21. The van der Waals surface area contributed by atoms with E-state index in [9.17, 15) is 14.0 Å². The average Bonchev–Trinajstić information content (AvgIpc) is 3.07. The number of methoxy groups -OCH3 is 2. The monoisotopic (exact) mass is 404 g/mol. The highest BCUT2D eigenvalue weighted by molar-refractivity contribution is 6.22. The largest absolute Gasteiger partial charge is 0.493 e. The Labute approximate surface area is 172 Å². The van der Waals surface area contributed by atoms with E-state index in [2.05, 4.69) is 0 Å². The van der Waals surface area contributed by atoms with Crippen molar-refractivity contribution < 1.29 is 23.5 Å². The summed E-state index contributed by atoms with van der Waals surface area (Å²) in [7, 11) is 2.97. The number of carbonyl (C=O) groups is 2. The molecule has 0 spiro atoms. The zero-order valence-corrected chi connectivity index (χ0v) is 16.3. The van der Waals surface area contributed by atoms with E-state index in [1.807, 2.05) is 0 Å². The van der Waals surface area contributed by atoms with Crippen LogP contribution in [0.3, 0.4) is 0 Å². The molecule has 150 valence electrons.